The molecule has 56 heavy (non-hydrogen) atoms. The lowest BCUT2D eigenvalue weighted by Gasteiger charge is -2.28. The minimum atomic E-state index is 0.192. The number of anilines is 2. The van der Waals surface area contributed by atoms with Crippen molar-refractivity contribution in [2.24, 2.45) is 5.92 Å². The number of ether oxygens (including phenoxy) is 1. The number of aromatic nitrogens is 2. The van der Waals surface area contributed by atoms with Crippen molar-refractivity contribution >= 4 is 44.6 Å². The summed E-state index contributed by atoms with van der Waals surface area (Å²) in [5.41, 5.74) is 14.8. The number of allylic oxidation sites excluding steroid dienone is 14. The van der Waals surface area contributed by atoms with Crippen molar-refractivity contribution in [3.05, 3.63) is 202 Å². The van der Waals surface area contributed by atoms with Crippen molar-refractivity contribution in [3.63, 3.8) is 0 Å². The highest BCUT2D eigenvalue weighted by atomic mass is 16.5. The number of hydrogen-bond acceptors (Lipinski definition) is 5. The summed E-state index contributed by atoms with van der Waals surface area (Å²) in [7, 11) is 0. The highest BCUT2D eigenvalue weighted by Crippen LogP contribution is 2.51. The van der Waals surface area contributed by atoms with E-state index in [0.29, 0.717) is 12.3 Å². The van der Waals surface area contributed by atoms with Gasteiger partial charge in [-0.15, -0.1) is 0 Å². The molecule has 5 heteroatoms. The Morgan fingerprint density at radius 2 is 1.62 bits per heavy atom. The van der Waals surface area contributed by atoms with Crippen molar-refractivity contribution in [2.75, 3.05) is 4.90 Å². The molecule has 5 aromatic rings. The van der Waals surface area contributed by atoms with Crippen LogP contribution in [0.2, 0.25) is 0 Å². The van der Waals surface area contributed by atoms with Gasteiger partial charge < -0.3 is 14.1 Å². The number of rotatable bonds is 5. The molecule has 2 aromatic heterocycles. The van der Waals surface area contributed by atoms with Crippen LogP contribution < -0.4 is 4.90 Å². The van der Waals surface area contributed by atoms with E-state index in [2.05, 4.69) is 151 Å². The molecule has 0 fully saturated rings. The third kappa shape index (κ3) is 4.93. The van der Waals surface area contributed by atoms with Crippen LogP contribution in [0, 0.1) is 5.92 Å². The molecule has 3 atom stereocenters. The molecule has 5 nitrogen and oxygen atoms in total. The fraction of sp³-hybridized carbons (Fsp3) is 0.176. The van der Waals surface area contributed by atoms with E-state index < -0.39 is 0 Å². The number of hydrogen-bond donors (Lipinski definition) is 0. The summed E-state index contributed by atoms with van der Waals surface area (Å²) >= 11 is 0. The Morgan fingerprint density at radius 3 is 2.59 bits per heavy atom. The zero-order valence-corrected chi connectivity index (χ0v) is 31.0. The maximum absolute atomic E-state index is 6.89. The van der Waals surface area contributed by atoms with Gasteiger partial charge in [-0.25, -0.2) is 9.97 Å². The van der Waals surface area contributed by atoms with Gasteiger partial charge in [0.25, 0.3) is 0 Å². The second kappa shape index (κ2) is 12.5. The van der Waals surface area contributed by atoms with Crippen LogP contribution in [-0.4, -0.2) is 16.0 Å². The van der Waals surface area contributed by atoms with Gasteiger partial charge in [-0.05, 0) is 83.9 Å². The lowest BCUT2D eigenvalue weighted by molar-refractivity contribution is 0.292. The number of fused-ring (bicyclic) bond motifs is 8. The van der Waals surface area contributed by atoms with Crippen molar-refractivity contribution in [1.29, 1.82) is 0 Å². The maximum atomic E-state index is 6.89. The summed E-state index contributed by atoms with van der Waals surface area (Å²) in [5.74, 6) is 4.47. The molecule has 0 saturated carbocycles. The molecular weight excluding hydrogens is 687 g/mol. The molecular formula is C51H39N3O2. The van der Waals surface area contributed by atoms with E-state index in [9.17, 15) is 0 Å². The van der Waals surface area contributed by atoms with Crippen molar-refractivity contribution in [3.8, 4) is 0 Å². The zero-order chi connectivity index (χ0) is 36.7. The standard InChI is InChI=1S/C51H39N3O2/c1-2-12-31(13-3-1)32-14-10-15-33(28-32)41-30-42(34-24-25-38-37-18-6-9-23-46(37)55-48(38)29-34)53-51(52-41)40-26-27-47-49(40)39-19-11-22-45(50(39)56-47)54-43-20-7-4-16-35(43)36-17-5-8-21-44(36)54/h1-8,11-14,16-22,24,26,28-30,35,38,43H,9-10,15,23,25,27H2. The van der Waals surface area contributed by atoms with E-state index in [1.54, 1.807) is 0 Å². The summed E-state index contributed by atoms with van der Waals surface area (Å²) in [5, 5.41) is 1.10. The zero-order valence-electron chi connectivity index (χ0n) is 31.0. The first kappa shape index (κ1) is 31.8. The Balaban J connectivity index is 0.975. The normalized spacial score (nSPS) is 22.8. The summed E-state index contributed by atoms with van der Waals surface area (Å²) in [6.45, 7) is 0. The van der Waals surface area contributed by atoms with Crippen LogP contribution in [0.5, 0.6) is 0 Å². The maximum Gasteiger partial charge on any atom is 0.160 e. The third-order valence-corrected chi connectivity index (χ3v) is 12.5. The van der Waals surface area contributed by atoms with E-state index in [1.165, 1.54) is 33.5 Å². The first-order valence-electron chi connectivity index (χ1n) is 20.1. The van der Waals surface area contributed by atoms with Crippen LogP contribution in [0.4, 0.5) is 11.4 Å². The van der Waals surface area contributed by atoms with E-state index in [4.69, 9.17) is 19.1 Å². The Labute approximate surface area is 326 Å². The Hall–Kier alpha value is -6.46. The lowest BCUT2D eigenvalue weighted by atomic mass is 9.86. The second-order valence-electron chi connectivity index (χ2n) is 15.7. The largest absolute Gasteiger partial charge is 0.465 e. The van der Waals surface area contributed by atoms with Crippen LogP contribution in [0.25, 0.3) is 33.3 Å². The summed E-state index contributed by atoms with van der Waals surface area (Å²) in [6.07, 6.45) is 30.5. The fourth-order valence-electron chi connectivity index (χ4n) is 9.93. The van der Waals surface area contributed by atoms with Crippen LogP contribution in [0.1, 0.15) is 77.7 Å². The molecule has 12 rings (SSSR count). The van der Waals surface area contributed by atoms with Crippen LogP contribution in [0.3, 0.4) is 0 Å². The number of benzene rings is 3. The Morgan fingerprint density at radius 1 is 0.750 bits per heavy atom. The van der Waals surface area contributed by atoms with Crippen molar-refractivity contribution in [1.82, 2.24) is 9.97 Å². The van der Waals surface area contributed by atoms with Gasteiger partial charge in [-0.2, -0.15) is 0 Å². The van der Waals surface area contributed by atoms with Crippen LogP contribution in [-0.2, 0) is 11.2 Å². The lowest BCUT2D eigenvalue weighted by Crippen LogP contribution is -2.28. The van der Waals surface area contributed by atoms with E-state index in [0.717, 1.165) is 100.0 Å². The summed E-state index contributed by atoms with van der Waals surface area (Å²) in [4.78, 5) is 13.3. The fourth-order valence-corrected chi connectivity index (χ4v) is 9.93. The minimum absolute atomic E-state index is 0.192. The van der Waals surface area contributed by atoms with E-state index >= 15 is 0 Å². The smallest absolute Gasteiger partial charge is 0.160 e. The molecule has 0 spiro atoms. The van der Waals surface area contributed by atoms with Gasteiger partial charge >= 0.3 is 0 Å². The highest BCUT2D eigenvalue weighted by molar-refractivity contribution is 6.04. The SMILES string of the molecule is C1=CC2c3ccccc3N(c3cccc4c5c(oc34)CC=C5c3nc(C4=CCC5C(=C4)OC4=C5C=CCC4)cc(C4=CC(c5ccccc5)=CCC4)n3)C2C=C1. The van der Waals surface area contributed by atoms with E-state index in [-0.39, 0.29) is 12.0 Å². The average molecular weight is 726 g/mol. The van der Waals surface area contributed by atoms with Gasteiger partial charge in [-0.1, -0.05) is 115 Å². The molecule has 3 aromatic carbocycles. The molecule has 7 aliphatic rings. The monoisotopic (exact) mass is 725 g/mol. The molecule has 0 amide bonds. The molecule has 3 unspecified atom stereocenters. The van der Waals surface area contributed by atoms with Gasteiger partial charge in [-0.3, -0.25) is 0 Å². The minimum Gasteiger partial charge on any atom is -0.465 e. The van der Waals surface area contributed by atoms with Crippen molar-refractivity contribution < 1.29 is 9.15 Å². The predicted octanol–water partition coefficient (Wildman–Crippen LogP) is 12.1. The van der Waals surface area contributed by atoms with Gasteiger partial charge in [0.15, 0.2) is 11.4 Å². The topological polar surface area (TPSA) is 51.4 Å². The van der Waals surface area contributed by atoms with Gasteiger partial charge in [0.05, 0.1) is 23.1 Å². The first-order chi connectivity index (χ1) is 27.7. The molecule has 2 aliphatic heterocycles. The first-order valence-corrected chi connectivity index (χ1v) is 20.1. The molecule has 270 valence electrons. The molecule has 0 N–H and O–H groups in total. The van der Waals surface area contributed by atoms with Gasteiger partial charge in [0.1, 0.15) is 17.3 Å². The number of para-hydroxylation sites is 2. The quantitative estimate of drug-likeness (QED) is 0.181. The molecule has 0 bridgehead atoms. The van der Waals surface area contributed by atoms with Gasteiger partial charge in [0, 0.05) is 52.5 Å². The van der Waals surface area contributed by atoms with Crippen LogP contribution >= 0.6 is 0 Å². The predicted molar refractivity (Wildman–Crippen MR) is 225 cm³/mol. The molecule has 0 radical (unpaired) electrons. The Bertz CT molecular complexity index is 2800. The summed E-state index contributed by atoms with van der Waals surface area (Å²) in [6, 6.07) is 28.4. The Kier molecular flexibility index (Phi) is 7.13. The van der Waals surface area contributed by atoms with E-state index in [1.807, 2.05) is 0 Å². The molecule has 4 heterocycles. The molecule has 5 aliphatic carbocycles. The number of nitrogens with zero attached hydrogens (tertiary/aromatic N) is 3. The number of furan rings is 1. The van der Waals surface area contributed by atoms with Gasteiger partial charge in [0.2, 0.25) is 0 Å². The third-order valence-electron chi connectivity index (χ3n) is 12.5. The van der Waals surface area contributed by atoms with Crippen molar-refractivity contribution in [2.45, 2.75) is 50.5 Å². The molecule has 0 saturated heterocycles. The second-order valence-corrected chi connectivity index (χ2v) is 15.7. The van der Waals surface area contributed by atoms with Crippen LogP contribution in [0.15, 0.2) is 167 Å². The average Bonchev–Trinajstić information content (AvgIpc) is 4.03. The highest BCUT2D eigenvalue weighted by Gasteiger charge is 2.39. The summed E-state index contributed by atoms with van der Waals surface area (Å²) < 4.78 is 13.4.